The van der Waals surface area contributed by atoms with Crippen molar-refractivity contribution in [2.24, 2.45) is 5.41 Å². The predicted molar refractivity (Wildman–Crippen MR) is 66.7 cm³/mol. The van der Waals surface area contributed by atoms with Crippen LogP contribution >= 0.6 is 0 Å². The van der Waals surface area contributed by atoms with E-state index < -0.39 is 6.10 Å². The zero-order valence-corrected chi connectivity index (χ0v) is 10.6. The topological polar surface area (TPSA) is 53.2 Å². The number of ether oxygens (including phenoxy) is 1. The Morgan fingerprint density at radius 2 is 1.88 bits per heavy atom. The lowest BCUT2D eigenvalue weighted by Crippen LogP contribution is -2.23. The Morgan fingerprint density at radius 3 is 2.35 bits per heavy atom. The molecule has 0 amide bonds. The second-order valence-corrected chi connectivity index (χ2v) is 5.37. The summed E-state index contributed by atoms with van der Waals surface area (Å²) in [5.41, 5.74) is 0.695. The number of aliphatic hydroxyl groups is 1. The number of aliphatic hydroxyl groups excluding tert-OH is 1. The maximum absolute atomic E-state index is 9.77. The second-order valence-electron chi connectivity index (χ2n) is 5.37. The van der Waals surface area contributed by atoms with Crippen molar-refractivity contribution >= 4 is 0 Å². The van der Waals surface area contributed by atoms with Gasteiger partial charge in [0.25, 0.3) is 0 Å². The standard InChI is InChI=1S/C14H19NO2/c1-14(2,3)8-12(16)10-17-13-6-4-11(9-15)5-7-13/h4-7,12,16H,8,10H2,1-3H3. The Balaban J connectivity index is 2.42. The van der Waals surface area contributed by atoms with Crippen LogP contribution in [0.3, 0.4) is 0 Å². The summed E-state index contributed by atoms with van der Waals surface area (Å²) in [4.78, 5) is 0. The number of benzene rings is 1. The first-order valence-corrected chi connectivity index (χ1v) is 5.72. The van der Waals surface area contributed by atoms with Crippen LogP contribution < -0.4 is 4.74 Å². The first-order valence-electron chi connectivity index (χ1n) is 5.72. The molecule has 0 saturated carbocycles. The third-order valence-corrected chi connectivity index (χ3v) is 2.27. The summed E-state index contributed by atoms with van der Waals surface area (Å²) < 4.78 is 5.45. The fourth-order valence-corrected chi connectivity index (χ4v) is 1.58. The highest BCUT2D eigenvalue weighted by Gasteiger charge is 2.16. The summed E-state index contributed by atoms with van der Waals surface area (Å²) in [6, 6.07) is 8.92. The molecule has 1 atom stereocenters. The maximum Gasteiger partial charge on any atom is 0.119 e. The molecule has 0 saturated heterocycles. The van der Waals surface area contributed by atoms with Crippen molar-refractivity contribution < 1.29 is 9.84 Å². The molecule has 0 spiro atoms. The molecule has 0 aliphatic carbocycles. The van der Waals surface area contributed by atoms with E-state index in [4.69, 9.17) is 10.00 Å². The lowest BCUT2D eigenvalue weighted by Gasteiger charge is -2.22. The Kier molecular flexibility index (Phi) is 4.53. The van der Waals surface area contributed by atoms with Gasteiger partial charge in [-0.15, -0.1) is 0 Å². The quantitative estimate of drug-likeness (QED) is 0.870. The highest BCUT2D eigenvalue weighted by atomic mass is 16.5. The first kappa shape index (κ1) is 13.5. The highest BCUT2D eigenvalue weighted by molar-refractivity contribution is 5.34. The first-order chi connectivity index (χ1) is 7.90. The molecule has 0 aliphatic heterocycles. The van der Waals surface area contributed by atoms with Gasteiger partial charge in [0.05, 0.1) is 17.7 Å². The lowest BCUT2D eigenvalue weighted by molar-refractivity contribution is 0.0710. The predicted octanol–water partition coefficient (Wildman–Crippen LogP) is 2.73. The van der Waals surface area contributed by atoms with Crippen LogP contribution in [0.1, 0.15) is 32.8 Å². The normalized spacial score (nSPS) is 12.9. The SMILES string of the molecule is CC(C)(C)CC(O)COc1ccc(C#N)cc1. The van der Waals surface area contributed by atoms with Crippen LogP contribution in [-0.4, -0.2) is 17.8 Å². The Bertz CT molecular complexity index is 384. The molecule has 0 fully saturated rings. The van der Waals surface area contributed by atoms with Gasteiger partial charge < -0.3 is 9.84 Å². The van der Waals surface area contributed by atoms with Crippen molar-refractivity contribution in [3.8, 4) is 11.8 Å². The lowest BCUT2D eigenvalue weighted by atomic mass is 9.89. The van der Waals surface area contributed by atoms with Crippen LogP contribution in [0.4, 0.5) is 0 Å². The van der Waals surface area contributed by atoms with Gasteiger partial charge in [-0.2, -0.15) is 5.26 Å². The number of hydrogen-bond acceptors (Lipinski definition) is 3. The average molecular weight is 233 g/mol. The molecule has 1 aromatic rings. The monoisotopic (exact) mass is 233 g/mol. The fraction of sp³-hybridized carbons (Fsp3) is 0.500. The molecule has 17 heavy (non-hydrogen) atoms. The van der Waals surface area contributed by atoms with E-state index in [2.05, 4.69) is 20.8 Å². The zero-order valence-electron chi connectivity index (χ0n) is 10.6. The fourth-order valence-electron chi connectivity index (χ4n) is 1.58. The number of nitrogens with zero attached hydrogens (tertiary/aromatic N) is 1. The molecule has 1 N–H and O–H groups in total. The summed E-state index contributed by atoms with van der Waals surface area (Å²) in [5, 5.41) is 18.4. The highest BCUT2D eigenvalue weighted by Crippen LogP contribution is 2.21. The summed E-state index contributed by atoms with van der Waals surface area (Å²) in [5.74, 6) is 0.678. The van der Waals surface area contributed by atoms with Gasteiger partial charge in [-0.05, 0) is 36.1 Å². The van der Waals surface area contributed by atoms with Crippen LogP contribution in [0.5, 0.6) is 5.75 Å². The largest absolute Gasteiger partial charge is 0.491 e. The molecule has 0 aromatic heterocycles. The molecular weight excluding hydrogens is 214 g/mol. The molecule has 1 unspecified atom stereocenters. The zero-order chi connectivity index (χ0) is 12.9. The molecule has 0 radical (unpaired) electrons. The third kappa shape index (κ3) is 5.37. The minimum absolute atomic E-state index is 0.0907. The molecule has 1 rings (SSSR count). The van der Waals surface area contributed by atoms with Crippen LogP contribution in [0, 0.1) is 16.7 Å². The maximum atomic E-state index is 9.77. The number of nitriles is 1. The second kappa shape index (κ2) is 5.70. The summed E-state index contributed by atoms with van der Waals surface area (Å²) in [6.07, 6.45) is 0.231. The molecule has 3 nitrogen and oxygen atoms in total. The van der Waals surface area contributed by atoms with Gasteiger partial charge >= 0.3 is 0 Å². The van der Waals surface area contributed by atoms with E-state index in [-0.39, 0.29) is 12.0 Å². The third-order valence-electron chi connectivity index (χ3n) is 2.27. The van der Waals surface area contributed by atoms with Crippen LogP contribution in [0.2, 0.25) is 0 Å². The Morgan fingerprint density at radius 1 is 1.29 bits per heavy atom. The molecule has 0 bridgehead atoms. The van der Waals surface area contributed by atoms with E-state index in [1.165, 1.54) is 0 Å². The average Bonchev–Trinajstić information content (AvgIpc) is 2.25. The number of hydrogen-bond donors (Lipinski definition) is 1. The van der Waals surface area contributed by atoms with Gasteiger partial charge in [-0.1, -0.05) is 20.8 Å². The van der Waals surface area contributed by atoms with Crippen molar-refractivity contribution in [2.75, 3.05) is 6.61 Å². The molecule has 0 aliphatic rings. The summed E-state index contributed by atoms with van der Waals surface area (Å²) in [6.45, 7) is 6.52. The molecule has 1 aromatic carbocycles. The van der Waals surface area contributed by atoms with Crippen molar-refractivity contribution in [3.63, 3.8) is 0 Å². The summed E-state index contributed by atoms with van der Waals surface area (Å²) in [7, 11) is 0. The van der Waals surface area contributed by atoms with Gasteiger partial charge in [-0.3, -0.25) is 0 Å². The van der Waals surface area contributed by atoms with E-state index in [1.807, 2.05) is 6.07 Å². The Hall–Kier alpha value is -1.53. The van der Waals surface area contributed by atoms with Gasteiger partial charge in [0, 0.05) is 0 Å². The van der Waals surface area contributed by atoms with Gasteiger partial charge in [0.15, 0.2) is 0 Å². The number of rotatable bonds is 4. The minimum Gasteiger partial charge on any atom is -0.491 e. The van der Waals surface area contributed by atoms with E-state index >= 15 is 0 Å². The Labute approximate surface area is 103 Å². The van der Waals surface area contributed by atoms with E-state index in [9.17, 15) is 5.11 Å². The summed E-state index contributed by atoms with van der Waals surface area (Å²) >= 11 is 0. The van der Waals surface area contributed by atoms with Crippen molar-refractivity contribution in [1.29, 1.82) is 5.26 Å². The van der Waals surface area contributed by atoms with Crippen molar-refractivity contribution in [1.82, 2.24) is 0 Å². The van der Waals surface area contributed by atoms with E-state index in [0.29, 0.717) is 17.7 Å². The van der Waals surface area contributed by atoms with Crippen LogP contribution in [0.25, 0.3) is 0 Å². The van der Waals surface area contributed by atoms with Crippen molar-refractivity contribution in [3.05, 3.63) is 29.8 Å². The molecule has 0 heterocycles. The van der Waals surface area contributed by atoms with Gasteiger partial charge in [0.2, 0.25) is 0 Å². The molecule has 3 heteroatoms. The van der Waals surface area contributed by atoms with Gasteiger partial charge in [0.1, 0.15) is 12.4 Å². The van der Waals surface area contributed by atoms with Gasteiger partial charge in [-0.25, -0.2) is 0 Å². The molecular formula is C14H19NO2. The van der Waals surface area contributed by atoms with Crippen LogP contribution in [0.15, 0.2) is 24.3 Å². The van der Waals surface area contributed by atoms with E-state index in [1.54, 1.807) is 24.3 Å². The smallest absolute Gasteiger partial charge is 0.119 e. The van der Waals surface area contributed by atoms with E-state index in [0.717, 1.165) is 0 Å². The minimum atomic E-state index is -0.467. The van der Waals surface area contributed by atoms with Crippen molar-refractivity contribution in [2.45, 2.75) is 33.3 Å². The van der Waals surface area contributed by atoms with Crippen LogP contribution in [-0.2, 0) is 0 Å². The molecule has 92 valence electrons.